The minimum Gasteiger partial charge on any atom is -0.388 e. The van der Waals surface area contributed by atoms with Crippen LogP contribution in [0.3, 0.4) is 0 Å². The summed E-state index contributed by atoms with van der Waals surface area (Å²) in [7, 11) is 4.15. The lowest BCUT2D eigenvalue weighted by Crippen LogP contribution is -2.23. The van der Waals surface area contributed by atoms with Gasteiger partial charge >= 0.3 is 0 Å². The Kier molecular flexibility index (Phi) is 3.70. The summed E-state index contributed by atoms with van der Waals surface area (Å²) in [6.45, 7) is 1.18. The Bertz CT molecular complexity index is 331. The maximum Gasteiger partial charge on any atom is 0.0384 e. The second-order valence-electron chi connectivity index (χ2n) is 4.81. The first-order chi connectivity index (χ1) is 7.79. The van der Waals surface area contributed by atoms with Crippen LogP contribution in [0.25, 0.3) is 0 Å². The Hall–Kier alpha value is -1.18. The van der Waals surface area contributed by atoms with Gasteiger partial charge in [-0.2, -0.15) is 0 Å². The third-order valence-electron chi connectivity index (χ3n) is 3.67. The van der Waals surface area contributed by atoms with E-state index < -0.39 is 0 Å². The molecular weight excluding hydrogens is 196 g/mol. The SMILES string of the molecule is CNc1cccc(N(C)CCC2CCC2)c1. The quantitative estimate of drug-likeness (QED) is 0.815. The largest absolute Gasteiger partial charge is 0.388 e. The van der Waals surface area contributed by atoms with Gasteiger partial charge in [0.1, 0.15) is 0 Å². The van der Waals surface area contributed by atoms with Crippen LogP contribution in [0.4, 0.5) is 11.4 Å². The average molecular weight is 218 g/mol. The van der Waals surface area contributed by atoms with Crippen molar-refractivity contribution in [2.75, 3.05) is 30.9 Å². The molecule has 0 heterocycles. The van der Waals surface area contributed by atoms with Crippen LogP contribution in [0.5, 0.6) is 0 Å². The molecule has 1 N–H and O–H groups in total. The summed E-state index contributed by atoms with van der Waals surface area (Å²) < 4.78 is 0. The molecule has 1 aromatic rings. The summed E-state index contributed by atoms with van der Waals surface area (Å²) in [5.41, 5.74) is 2.50. The minimum absolute atomic E-state index is 0.995. The van der Waals surface area contributed by atoms with Crippen LogP contribution in [0.2, 0.25) is 0 Å². The first kappa shape index (κ1) is 11.3. The molecule has 0 aromatic heterocycles. The first-order valence-corrected chi connectivity index (χ1v) is 6.28. The van der Waals surface area contributed by atoms with Crippen molar-refractivity contribution in [2.45, 2.75) is 25.7 Å². The average Bonchev–Trinajstić information content (AvgIpc) is 2.27. The number of nitrogens with zero attached hydrogens (tertiary/aromatic N) is 1. The van der Waals surface area contributed by atoms with Gasteiger partial charge in [-0.3, -0.25) is 0 Å². The normalized spacial score (nSPS) is 15.6. The second kappa shape index (κ2) is 5.24. The zero-order valence-corrected chi connectivity index (χ0v) is 10.4. The molecule has 0 bridgehead atoms. The molecule has 1 aliphatic carbocycles. The fourth-order valence-corrected chi connectivity index (χ4v) is 2.19. The van der Waals surface area contributed by atoms with Crippen molar-refractivity contribution in [3.05, 3.63) is 24.3 Å². The smallest absolute Gasteiger partial charge is 0.0384 e. The molecule has 0 amide bonds. The number of anilines is 2. The molecule has 0 spiro atoms. The van der Waals surface area contributed by atoms with Gasteiger partial charge in [0.2, 0.25) is 0 Å². The molecule has 2 nitrogen and oxygen atoms in total. The van der Waals surface area contributed by atoms with E-state index in [4.69, 9.17) is 0 Å². The molecule has 0 radical (unpaired) electrons. The fourth-order valence-electron chi connectivity index (χ4n) is 2.19. The molecule has 1 fully saturated rings. The number of hydrogen-bond acceptors (Lipinski definition) is 2. The minimum atomic E-state index is 0.995. The van der Waals surface area contributed by atoms with E-state index in [0.29, 0.717) is 0 Å². The highest BCUT2D eigenvalue weighted by molar-refractivity contribution is 5.57. The van der Waals surface area contributed by atoms with Crippen molar-refractivity contribution in [3.8, 4) is 0 Å². The number of benzene rings is 1. The lowest BCUT2D eigenvalue weighted by atomic mass is 9.83. The van der Waals surface area contributed by atoms with Gasteiger partial charge in [0, 0.05) is 32.0 Å². The highest BCUT2D eigenvalue weighted by atomic mass is 15.1. The van der Waals surface area contributed by atoms with Crippen molar-refractivity contribution >= 4 is 11.4 Å². The van der Waals surface area contributed by atoms with Gasteiger partial charge in [0.25, 0.3) is 0 Å². The predicted molar refractivity (Wildman–Crippen MR) is 71.2 cm³/mol. The van der Waals surface area contributed by atoms with Crippen LogP contribution >= 0.6 is 0 Å². The molecule has 88 valence electrons. The second-order valence-corrected chi connectivity index (χ2v) is 4.81. The summed E-state index contributed by atoms with van der Waals surface area (Å²) in [4.78, 5) is 2.36. The Morgan fingerprint density at radius 1 is 1.38 bits per heavy atom. The molecule has 1 aliphatic rings. The zero-order chi connectivity index (χ0) is 11.4. The van der Waals surface area contributed by atoms with Gasteiger partial charge in [-0.15, -0.1) is 0 Å². The standard InChI is InChI=1S/C14H22N2/c1-15-13-7-4-8-14(11-13)16(2)10-9-12-5-3-6-12/h4,7-8,11-12,15H,3,5-6,9-10H2,1-2H3. The Morgan fingerprint density at radius 2 is 2.19 bits per heavy atom. The molecule has 16 heavy (non-hydrogen) atoms. The molecule has 1 saturated carbocycles. The molecular formula is C14H22N2. The molecule has 0 atom stereocenters. The van der Waals surface area contributed by atoms with E-state index in [9.17, 15) is 0 Å². The van der Waals surface area contributed by atoms with E-state index >= 15 is 0 Å². The summed E-state index contributed by atoms with van der Waals surface area (Å²) in [6.07, 6.45) is 5.69. The number of rotatable bonds is 5. The van der Waals surface area contributed by atoms with Gasteiger partial charge in [-0.25, -0.2) is 0 Å². The van der Waals surface area contributed by atoms with Crippen LogP contribution < -0.4 is 10.2 Å². The van der Waals surface area contributed by atoms with Crippen molar-refractivity contribution in [2.24, 2.45) is 5.92 Å². The van der Waals surface area contributed by atoms with Crippen LogP contribution in [0, 0.1) is 5.92 Å². The van der Waals surface area contributed by atoms with Gasteiger partial charge in [0.05, 0.1) is 0 Å². The third kappa shape index (κ3) is 2.69. The molecule has 0 unspecified atom stereocenters. The maximum absolute atomic E-state index is 3.18. The van der Waals surface area contributed by atoms with E-state index in [2.05, 4.69) is 41.5 Å². The molecule has 2 rings (SSSR count). The fraction of sp³-hybridized carbons (Fsp3) is 0.571. The van der Waals surface area contributed by atoms with Crippen molar-refractivity contribution < 1.29 is 0 Å². The maximum atomic E-state index is 3.18. The van der Waals surface area contributed by atoms with Crippen molar-refractivity contribution in [1.29, 1.82) is 0 Å². The van der Waals surface area contributed by atoms with Gasteiger partial charge in [0.15, 0.2) is 0 Å². The highest BCUT2D eigenvalue weighted by Crippen LogP contribution is 2.30. The molecule has 0 aliphatic heterocycles. The monoisotopic (exact) mass is 218 g/mol. The molecule has 2 heteroatoms. The summed E-state index contributed by atoms with van der Waals surface area (Å²) in [6, 6.07) is 8.60. The van der Waals surface area contributed by atoms with Crippen molar-refractivity contribution in [1.82, 2.24) is 0 Å². The van der Waals surface area contributed by atoms with Gasteiger partial charge in [-0.1, -0.05) is 25.3 Å². The number of hydrogen-bond donors (Lipinski definition) is 1. The summed E-state index contributed by atoms with van der Waals surface area (Å²) >= 11 is 0. The number of nitrogens with one attached hydrogen (secondary N) is 1. The Labute approximate surface area is 98.7 Å². The Morgan fingerprint density at radius 3 is 2.81 bits per heavy atom. The summed E-state index contributed by atoms with van der Waals surface area (Å²) in [5.74, 6) is 0.995. The summed E-state index contributed by atoms with van der Waals surface area (Å²) in [5, 5.41) is 3.18. The first-order valence-electron chi connectivity index (χ1n) is 6.28. The van der Waals surface area contributed by atoms with Crippen LogP contribution in [0.15, 0.2) is 24.3 Å². The van der Waals surface area contributed by atoms with E-state index in [1.807, 2.05) is 7.05 Å². The van der Waals surface area contributed by atoms with Gasteiger partial charge < -0.3 is 10.2 Å². The lowest BCUT2D eigenvalue weighted by Gasteiger charge is -2.28. The third-order valence-corrected chi connectivity index (χ3v) is 3.67. The molecule has 0 saturated heterocycles. The predicted octanol–water partition coefficient (Wildman–Crippen LogP) is 3.35. The van der Waals surface area contributed by atoms with E-state index in [1.165, 1.54) is 43.6 Å². The lowest BCUT2D eigenvalue weighted by molar-refractivity contribution is 0.299. The topological polar surface area (TPSA) is 15.3 Å². The van der Waals surface area contributed by atoms with E-state index in [1.54, 1.807) is 0 Å². The van der Waals surface area contributed by atoms with Crippen molar-refractivity contribution in [3.63, 3.8) is 0 Å². The van der Waals surface area contributed by atoms with Gasteiger partial charge in [-0.05, 0) is 30.5 Å². The van der Waals surface area contributed by atoms with Crippen LogP contribution in [-0.2, 0) is 0 Å². The highest BCUT2D eigenvalue weighted by Gasteiger charge is 2.17. The van der Waals surface area contributed by atoms with E-state index in [0.717, 1.165) is 5.92 Å². The molecule has 1 aromatic carbocycles. The van der Waals surface area contributed by atoms with Crippen LogP contribution in [-0.4, -0.2) is 20.6 Å². The Balaban J connectivity index is 1.88. The zero-order valence-electron chi connectivity index (χ0n) is 10.4. The van der Waals surface area contributed by atoms with Crippen LogP contribution in [0.1, 0.15) is 25.7 Å². The van der Waals surface area contributed by atoms with E-state index in [-0.39, 0.29) is 0 Å².